The molecule has 0 aliphatic heterocycles. The van der Waals surface area contributed by atoms with E-state index in [9.17, 15) is 9.59 Å². The maximum Gasteiger partial charge on any atom is 0.344 e. The molecular formula is C22H26ClN3O5S. The molecular weight excluding hydrogens is 454 g/mol. The van der Waals surface area contributed by atoms with Crippen molar-refractivity contribution in [3.8, 4) is 11.5 Å². The van der Waals surface area contributed by atoms with Gasteiger partial charge in [0.25, 0.3) is 0 Å². The number of nitrogens with one attached hydrogen (secondary N) is 3. The lowest BCUT2D eigenvalue weighted by atomic mass is 10.2. The van der Waals surface area contributed by atoms with Crippen molar-refractivity contribution in [1.29, 1.82) is 0 Å². The highest BCUT2D eigenvalue weighted by Crippen LogP contribution is 2.36. The van der Waals surface area contributed by atoms with Crippen molar-refractivity contribution in [2.75, 3.05) is 29.7 Å². The third kappa shape index (κ3) is 8.24. The van der Waals surface area contributed by atoms with Crippen LogP contribution >= 0.6 is 23.8 Å². The molecule has 0 saturated carbocycles. The standard InChI is InChI=1S/C22H26ClN3O5S/c1-13(27)24-14-6-8-15(9-7-14)25-21(32)26-17-10-16(23)18(11-19(17)29-5)30-12-20(28)31-22(2,3)4/h6-11H,12H2,1-5H3,(H,24,27)(H2,25,26,32). The van der Waals surface area contributed by atoms with Crippen molar-refractivity contribution < 1.29 is 23.8 Å². The largest absolute Gasteiger partial charge is 0.494 e. The van der Waals surface area contributed by atoms with Gasteiger partial charge >= 0.3 is 5.97 Å². The van der Waals surface area contributed by atoms with Crippen LogP contribution < -0.4 is 25.4 Å². The molecule has 0 saturated heterocycles. The van der Waals surface area contributed by atoms with Crippen molar-refractivity contribution in [2.24, 2.45) is 0 Å². The summed E-state index contributed by atoms with van der Waals surface area (Å²) in [7, 11) is 1.49. The fraction of sp³-hybridized carbons (Fsp3) is 0.318. The van der Waals surface area contributed by atoms with Crippen LogP contribution in [0.3, 0.4) is 0 Å². The fourth-order valence-electron chi connectivity index (χ4n) is 2.54. The van der Waals surface area contributed by atoms with Gasteiger partial charge in [-0.15, -0.1) is 0 Å². The lowest BCUT2D eigenvalue weighted by Crippen LogP contribution is -2.27. The Hall–Kier alpha value is -3.04. The van der Waals surface area contributed by atoms with Gasteiger partial charge in [0, 0.05) is 24.4 Å². The highest BCUT2D eigenvalue weighted by atomic mass is 35.5. The van der Waals surface area contributed by atoms with E-state index >= 15 is 0 Å². The van der Waals surface area contributed by atoms with E-state index in [1.807, 2.05) is 0 Å². The molecule has 0 aliphatic carbocycles. The summed E-state index contributed by atoms with van der Waals surface area (Å²) < 4.78 is 16.1. The van der Waals surface area contributed by atoms with Gasteiger partial charge in [-0.25, -0.2) is 4.79 Å². The fourth-order valence-corrected chi connectivity index (χ4v) is 2.99. The van der Waals surface area contributed by atoms with Crippen LogP contribution in [0.4, 0.5) is 17.1 Å². The second-order valence-corrected chi connectivity index (χ2v) is 8.51. The van der Waals surface area contributed by atoms with Gasteiger partial charge in [0.05, 0.1) is 17.8 Å². The van der Waals surface area contributed by atoms with E-state index in [4.69, 9.17) is 38.0 Å². The molecule has 2 aromatic rings. The maximum absolute atomic E-state index is 11.9. The number of carbonyl (C=O) groups is 2. The molecule has 10 heteroatoms. The molecule has 0 heterocycles. The Morgan fingerprint density at radius 3 is 2.12 bits per heavy atom. The summed E-state index contributed by atoms with van der Waals surface area (Å²) in [6, 6.07) is 10.2. The molecule has 1 amide bonds. The molecule has 0 aromatic heterocycles. The number of thiocarbonyl (C=S) groups is 1. The average Bonchev–Trinajstić information content (AvgIpc) is 2.67. The van der Waals surface area contributed by atoms with E-state index in [0.29, 0.717) is 22.2 Å². The topological polar surface area (TPSA) is 97.9 Å². The number of benzene rings is 2. The summed E-state index contributed by atoms with van der Waals surface area (Å²) in [6.07, 6.45) is 0. The number of methoxy groups -OCH3 is 1. The molecule has 172 valence electrons. The summed E-state index contributed by atoms with van der Waals surface area (Å²) in [5.74, 6) is 0.0288. The van der Waals surface area contributed by atoms with Crippen LogP contribution in [-0.2, 0) is 14.3 Å². The van der Waals surface area contributed by atoms with Gasteiger partial charge in [-0.3, -0.25) is 4.79 Å². The second kappa shape index (κ2) is 11.0. The Kier molecular flexibility index (Phi) is 8.68. The van der Waals surface area contributed by atoms with Gasteiger partial charge in [-0.1, -0.05) is 11.6 Å². The van der Waals surface area contributed by atoms with Crippen molar-refractivity contribution in [2.45, 2.75) is 33.3 Å². The summed E-state index contributed by atoms with van der Waals surface area (Å²) in [4.78, 5) is 23.0. The predicted molar refractivity (Wildman–Crippen MR) is 130 cm³/mol. The highest BCUT2D eigenvalue weighted by molar-refractivity contribution is 7.80. The zero-order valence-corrected chi connectivity index (χ0v) is 20.1. The SMILES string of the molecule is COc1cc(OCC(=O)OC(C)(C)C)c(Cl)cc1NC(=S)Nc1ccc(NC(C)=O)cc1. The predicted octanol–water partition coefficient (Wildman–Crippen LogP) is 4.84. The second-order valence-electron chi connectivity index (χ2n) is 7.70. The van der Waals surface area contributed by atoms with Crippen molar-refractivity contribution >= 4 is 57.9 Å². The summed E-state index contributed by atoms with van der Waals surface area (Å²) >= 11 is 11.7. The normalized spacial score (nSPS) is 10.7. The number of anilines is 3. The zero-order chi connectivity index (χ0) is 23.9. The van der Waals surface area contributed by atoms with Crippen LogP contribution in [0.5, 0.6) is 11.5 Å². The van der Waals surface area contributed by atoms with E-state index in [1.54, 1.807) is 57.2 Å². The smallest absolute Gasteiger partial charge is 0.344 e. The Morgan fingerprint density at radius 1 is 1.00 bits per heavy atom. The zero-order valence-electron chi connectivity index (χ0n) is 18.5. The molecule has 0 unspecified atom stereocenters. The third-order valence-electron chi connectivity index (χ3n) is 3.73. The van der Waals surface area contributed by atoms with E-state index in [0.717, 1.165) is 5.69 Å². The monoisotopic (exact) mass is 479 g/mol. The first kappa shape index (κ1) is 25.2. The Balaban J connectivity index is 2.03. The molecule has 0 radical (unpaired) electrons. The number of amides is 1. The van der Waals surface area contributed by atoms with Crippen LogP contribution in [0, 0.1) is 0 Å². The molecule has 8 nitrogen and oxygen atoms in total. The van der Waals surface area contributed by atoms with E-state index in [-0.39, 0.29) is 23.3 Å². The van der Waals surface area contributed by atoms with Gasteiger partial charge < -0.3 is 30.2 Å². The van der Waals surface area contributed by atoms with Crippen LogP contribution in [0.15, 0.2) is 36.4 Å². The number of hydrogen-bond donors (Lipinski definition) is 3. The molecule has 0 fully saturated rings. The van der Waals surface area contributed by atoms with E-state index in [2.05, 4.69) is 16.0 Å². The number of hydrogen-bond acceptors (Lipinski definition) is 6. The van der Waals surface area contributed by atoms with Crippen LogP contribution in [-0.4, -0.2) is 36.3 Å². The molecule has 0 bridgehead atoms. The maximum atomic E-state index is 11.9. The molecule has 3 N–H and O–H groups in total. The van der Waals surface area contributed by atoms with Gasteiger partial charge in [0.1, 0.15) is 17.1 Å². The number of halogens is 1. The number of esters is 1. The molecule has 0 aliphatic rings. The molecule has 2 aromatic carbocycles. The quantitative estimate of drug-likeness (QED) is 0.383. The molecule has 0 spiro atoms. The summed E-state index contributed by atoms with van der Waals surface area (Å²) in [5.41, 5.74) is 1.30. The summed E-state index contributed by atoms with van der Waals surface area (Å²) in [5, 5.41) is 9.31. The van der Waals surface area contributed by atoms with Gasteiger partial charge in [0.15, 0.2) is 11.7 Å². The first-order chi connectivity index (χ1) is 15.0. The van der Waals surface area contributed by atoms with Crippen molar-refractivity contribution in [1.82, 2.24) is 0 Å². The minimum Gasteiger partial charge on any atom is -0.494 e. The third-order valence-corrected chi connectivity index (χ3v) is 4.23. The van der Waals surface area contributed by atoms with Gasteiger partial charge in [0.2, 0.25) is 5.91 Å². The Bertz CT molecular complexity index is 990. The Morgan fingerprint density at radius 2 is 1.59 bits per heavy atom. The van der Waals surface area contributed by atoms with Crippen LogP contribution in [0.25, 0.3) is 0 Å². The first-order valence-electron chi connectivity index (χ1n) is 9.64. The first-order valence-corrected chi connectivity index (χ1v) is 10.4. The highest BCUT2D eigenvalue weighted by Gasteiger charge is 2.18. The van der Waals surface area contributed by atoms with Gasteiger partial charge in [-0.2, -0.15) is 0 Å². The minimum atomic E-state index is -0.608. The van der Waals surface area contributed by atoms with Crippen molar-refractivity contribution in [3.05, 3.63) is 41.4 Å². The molecule has 0 atom stereocenters. The lowest BCUT2D eigenvalue weighted by Gasteiger charge is -2.20. The van der Waals surface area contributed by atoms with Crippen LogP contribution in [0.2, 0.25) is 5.02 Å². The number of ether oxygens (including phenoxy) is 3. The van der Waals surface area contributed by atoms with Crippen LogP contribution in [0.1, 0.15) is 27.7 Å². The summed E-state index contributed by atoms with van der Waals surface area (Å²) in [6.45, 7) is 6.47. The van der Waals surface area contributed by atoms with E-state index < -0.39 is 11.6 Å². The van der Waals surface area contributed by atoms with E-state index in [1.165, 1.54) is 14.0 Å². The number of rotatable bonds is 7. The molecule has 2 rings (SSSR count). The van der Waals surface area contributed by atoms with Crippen molar-refractivity contribution in [3.63, 3.8) is 0 Å². The lowest BCUT2D eigenvalue weighted by molar-refractivity contribution is -0.157. The minimum absolute atomic E-state index is 0.148. The number of carbonyl (C=O) groups excluding carboxylic acids is 2. The Labute approximate surface area is 197 Å². The molecule has 32 heavy (non-hydrogen) atoms. The average molecular weight is 480 g/mol. The van der Waals surface area contributed by atoms with Gasteiger partial charge in [-0.05, 0) is 63.3 Å².